The Kier molecular flexibility index (Phi) is 4.03. The minimum Gasteiger partial charge on any atom is -0.364 e. The zero-order valence-corrected chi connectivity index (χ0v) is 15.0. The van der Waals surface area contributed by atoms with Crippen LogP contribution < -0.4 is 0 Å². The molecule has 0 radical (unpaired) electrons. The summed E-state index contributed by atoms with van der Waals surface area (Å²) >= 11 is 0. The van der Waals surface area contributed by atoms with Gasteiger partial charge in [0.2, 0.25) is 5.91 Å². The fraction of sp³-hybridized carbons (Fsp3) is 0.421. The monoisotopic (exact) mass is 354 g/mol. The van der Waals surface area contributed by atoms with E-state index >= 15 is 0 Å². The molecule has 7 nitrogen and oxygen atoms in total. The Morgan fingerprint density at radius 2 is 2.04 bits per heavy atom. The first-order valence-corrected chi connectivity index (χ1v) is 8.74. The highest BCUT2D eigenvalue weighted by molar-refractivity contribution is 5.91. The van der Waals surface area contributed by atoms with Gasteiger partial charge < -0.3 is 19.1 Å². The number of likely N-dealkylation sites (tertiary alicyclic amines) is 1. The predicted molar refractivity (Wildman–Crippen MR) is 94.4 cm³/mol. The van der Waals surface area contributed by atoms with Crippen molar-refractivity contribution in [3.05, 3.63) is 54.1 Å². The quantitative estimate of drug-likeness (QED) is 0.808. The summed E-state index contributed by atoms with van der Waals surface area (Å²) in [6.45, 7) is 1.01. The third-order valence-electron chi connectivity index (χ3n) is 5.64. The summed E-state index contributed by atoms with van der Waals surface area (Å²) in [6, 6.07) is 9.96. The molecule has 4 rings (SSSR count). The molecule has 2 aliphatic rings. The van der Waals surface area contributed by atoms with Crippen molar-refractivity contribution in [2.75, 3.05) is 26.7 Å². The fourth-order valence-electron chi connectivity index (χ4n) is 4.12. The molecule has 0 unspecified atom stereocenters. The van der Waals surface area contributed by atoms with Crippen LogP contribution in [0.1, 0.15) is 22.6 Å². The van der Waals surface area contributed by atoms with Gasteiger partial charge >= 0.3 is 0 Å². The van der Waals surface area contributed by atoms with Crippen LogP contribution in [-0.4, -0.2) is 64.0 Å². The number of hydrogen-bond acceptors (Lipinski definition) is 4. The van der Waals surface area contributed by atoms with E-state index in [-0.39, 0.29) is 24.5 Å². The molecule has 2 atom stereocenters. The van der Waals surface area contributed by atoms with Crippen LogP contribution in [0.3, 0.4) is 0 Å². The molecule has 2 aromatic rings. The average molecular weight is 354 g/mol. The van der Waals surface area contributed by atoms with E-state index in [9.17, 15) is 9.59 Å². The van der Waals surface area contributed by atoms with Crippen molar-refractivity contribution in [1.82, 2.24) is 19.4 Å². The number of rotatable bonds is 2. The Labute approximate surface area is 152 Å². The molecule has 0 bridgehead atoms. The van der Waals surface area contributed by atoms with Crippen LogP contribution in [0.15, 0.2) is 42.7 Å². The number of benzene rings is 1. The molecule has 2 amide bonds. The second-order valence-corrected chi connectivity index (χ2v) is 6.91. The normalized spacial score (nSPS) is 25.9. The summed E-state index contributed by atoms with van der Waals surface area (Å²) in [6.07, 6.45) is 3.73. The van der Waals surface area contributed by atoms with Gasteiger partial charge in [0.15, 0.2) is 5.82 Å². The minimum atomic E-state index is -0.547. The largest absolute Gasteiger partial charge is 0.364 e. The van der Waals surface area contributed by atoms with Crippen LogP contribution in [0.2, 0.25) is 0 Å². The van der Waals surface area contributed by atoms with Crippen molar-refractivity contribution >= 4 is 11.8 Å². The van der Waals surface area contributed by atoms with Crippen molar-refractivity contribution in [1.29, 1.82) is 0 Å². The van der Waals surface area contributed by atoms with Gasteiger partial charge in [-0.05, 0) is 12.0 Å². The predicted octanol–water partition coefficient (Wildman–Crippen LogP) is 1.02. The number of likely N-dealkylation sites (N-methyl/N-ethyl adjacent to an activating group) is 1. The highest BCUT2D eigenvalue weighted by Crippen LogP contribution is 2.42. The lowest BCUT2D eigenvalue weighted by Gasteiger charge is -2.54. The Balaban J connectivity index is 1.67. The van der Waals surface area contributed by atoms with Crippen LogP contribution in [0, 0.1) is 0 Å². The molecule has 2 fully saturated rings. The molecule has 0 saturated carbocycles. The van der Waals surface area contributed by atoms with Gasteiger partial charge in [-0.15, -0.1) is 0 Å². The Bertz CT molecular complexity index is 834. The van der Waals surface area contributed by atoms with Crippen molar-refractivity contribution < 1.29 is 14.3 Å². The molecular weight excluding hydrogens is 332 g/mol. The summed E-state index contributed by atoms with van der Waals surface area (Å²) in [4.78, 5) is 33.0. The number of imidazole rings is 1. The zero-order chi connectivity index (χ0) is 18.3. The molecule has 1 aromatic carbocycles. The number of aromatic nitrogens is 2. The SMILES string of the molecule is CN1C(=O)CO[C@@H]2CN(C(=O)c3nccn3C)CC[C@]21c1ccccc1. The number of piperidine rings is 1. The van der Waals surface area contributed by atoms with Crippen molar-refractivity contribution in [3.63, 3.8) is 0 Å². The molecule has 2 saturated heterocycles. The Morgan fingerprint density at radius 1 is 1.27 bits per heavy atom. The van der Waals surface area contributed by atoms with Gasteiger partial charge in [-0.2, -0.15) is 0 Å². The van der Waals surface area contributed by atoms with Gasteiger partial charge in [0, 0.05) is 39.6 Å². The number of carbonyl (C=O) groups excluding carboxylic acids is 2. The molecular formula is C19H22N4O3. The van der Waals surface area contributed by atoms with Gasteiger partial charge in [0.25, 0.3) is 5.91 Å². The maximum absolute atomic E-state index is 12.8. The smallest absolute Gasteiger partial charge is 0.289 e. The molecule has 2 aliphatic heterocycles. The van der Waals surface area contributed by atoms with E-state index in [0.29, 0.717) is 25.3 Å². The fourth-order valence-corrected chi connectivity index (χ4v) is 4.12. The molecule has 136 valence electrons. The average Bonchev–Trinajstić information content (AvgIpc) is 3.10. The van der Waals surface area contributed by atoms with Crippen LogP contribution in [0.5, 0.6) is 0 Å². The van der Waals surface area contributed by atoms with Crippen molar-refractivity contribution in [2.24, 2.45) is 7.05 Å². The standard InChI is InChI=1S/C19H22N4O3/c1-21-11-9-20-17(21)18(25)23-10-8-19(14-6-4-3-5-7-14)15(12-23)26-13-16(24)22(19)2/h3-7,9,11,15H,8,10,12-13H2,1-2H3/t15-,19+/m1/s1. The summed E-state index contributed by atoms with van der Waals surface area (Å²) in [7, 11) is 3.64. The van der Waals surface area contributed by atoms with Gasteiger partial charge in [0.05, 0.1) is 5.54 Å². The molecule has 7 heteroatoms. The molecule has 0 spiro atoms. The van der Waals surface area contributed by atoms with Gasteiger partial charge in [-0.1, -0.05) is 30.3 Å². The molecule has 0 N–H and O–H groups in total. The van der Waals surface area contributed by atoms with Crippen molar-refractivity contribution in [2.45, 2.75) is 18.1 Å². The number of aryl methyl sites for hydroxylation is 1. The highest BCUT2D eigenvalue weighted by Gasteiger charge is 2.53. The second kappa shape index (κ2) is 6.25. The third-order valence-corrected chi connectivity index (χ3v) is 5.64. The minimum absolute atomic E-state index is 0.0334. The van der Waals surface area contributed by atoms with E-state index in [2.05, 4.69) is 4.98 Å². The van der Waals surface area contributed by atoms with E-state index < -0.39 is 5.54 Å². The van der Waals surface area contributed by atoms with Gasteiger partial charge in [-0.3, -0.25) is 9.59 Å². The topological polar surface area (TPSA) is 67.7 Å². The van der Waals surface area contributed by atoms with Crippen molar-refractivity contribution in [3.8, 4) is 0 Å². The Hall–Kier alpha value is -2.67. The van der Waals surface area contributed by atoms with E-state index in [1.165, 1.54) is 0 Å². The summed E-state index contributed by atoms with van der Waals surface area (Å²) < 4.78 is 7.66. The lowest BCUT2D eigenvalue weighted by Crippen LogP contribution is -2.67. The van der Waals surface area contributed by atoms with Crippen LogP contribution in [-0.2, 0) is 22.1 Å². The first-order valence-electron chi connectivity index (χ1n) is 8.74. The second-order valence-electron chi connectivity index (χ2n) is 6.91. The third kappa shape index (κ3) is 2.42. The van der Waals surface area contributed by atoms with Gasteiger partial charge in [-0.25, -0.2) is 4.98 Å². The first-order chi connectivity index (χ1) is 12.5. The number of ether oxygens (including phenoxy) is 1. The number of nitrogens with zero attached hydrogens (tertiary/aromatic N) is 4. The summed E-state index contributed by atoms with van der Waals surface area (Å²) in [5.41, 5.74) is 0.499. The van der Waals surface area contributed by atoms with E-state index in [1.807, 2.05) is 44.4 Å². The Morgan fingerprint density at radius 3 is 2.73 bits per heavy atom. The number of hydrogen-bond donors (Lipinski definition) is 0. The zero-order valence-electron chi connectivity index (χ0n) is 15.0. The number of morpholine rings is 1. The lowest BCUT2D eigenvalue weighted by atomic mass is 9.76. The molecule has 0 aliphatic carbocycles. The molecule has 3 heterocycles. The maximum atomic E-state index is 12.8. The first kappa shape index (κ1) is 16.8. The number of fused-ring (bicyclic) bond motifs is 1. The van der Waals surface area contributed by atoms with E-state index in [1.54, 1.807) is 26.8 Å². The number of amides is 2. The summed E-state index contributed by atoms with van der Waals surface area (Å²) in [5.74, 6) is 0.272. The van der Waals surface area contributed by atoms with Crippen LogP contribution >= 0.6 is 0 Å². The molecule has 26 heavy (non-hydrogen) atoms. The van der Waals surface area contributed by atoms with E-state index in [0.717, 1.165) is 5.56 Å². The highest BCUT2D eigenvalue weighted by atomic mass is 16.5. The molecule has 1 aromatic heterocycles. The maximum Gasteiger partial charge on any atom is 0.289 e. The van der Waals surface area contributed by atoms with Crippen LogP contribution in [0.25, 0.3) is 0 Å². The lowest BCUT2D eigenvalue weighted by molar-refractivity contribution is -0.180. The van der Waals surface area contributed by atoms with Gasteiger partial charge in [0.1, 0.15) is 12.7 Å². The van der Waals surface area contributed by atoms with E-state index in [4.69, 9.17) is 4.74 Å². The van der Waals surface area contributed by atoms with Crippen LogP contribution in [0.4, 0.5) is 0 Å². The number of carbonyl (C=O) groups is 2. The summed E-state index contributed by atoms with van der Waals surface area (Å²) in [5, 5.41) is 0.